The number of piperazine rings is 1. The van der Waals surface area contributed by atoms with Crippen LogP contribution in [0.25, 0.3) is 0 Å². The molecule has 0 spiro atoms. The zero-order chi connectivity index (χ0) is 14.1. The van der Waals surface area contributed by atoms with Crippen molar-refractivity contribution >= 4 is 0 Å². The molecule has 0 bridgehead atoms. The van der Waals surface area contributed by atoms with Gasteiger partial charge in [0, 0.05) is 43.3 Å². The summed E-state index contributed by atoms with van der Waals surface area (Å²) in [5, 5.41) is 10.1. The van der Waals surface area contributed by atoms with Crippen LogP contribution >= 0.6 is 0 Å². The summed E-state index contributed by atoms with van der Waals surface area (Å²) >= 11 is 0. The van der Waals surface area contributed by atoms with Crippen molar-refractivity contribution in [2.45, 2.75) is 38.4 Å². The van der Waals surface area contributed by atoms with Crippen LogP contribution in [0.3, 0.4) is 0 Å². The number of rotatable bonds is 3. The lowest BCUT2D eigenvalue weighted by Crippen LogP contribution is -2.54. The summed E-state index contributed by atoms with van der Waals surface area (Å²) < 4.78 is 5.14. The number of methoxy groups -OCH3 is 1. The van der Waals surface area contributed by atoms with Crippen molar-refractivity contribution in [1.29, 1.82) is 0 Å². The SMILES string of the molecule is COc1ccc(CN2CC3CCCN3CC2C)c(O)c1. The molecule has 3 rings (SSSR count). The number of hydrogen-bond donors (Lipinski definition) is 1. The van der Waals surface area contributed by atoms with E-state index in [0.717, 1.165) is 25.2 Å². The summed E-state index contributed by atoms with van der Waals surface area (Å²) in [6.07, 6.45) is 2.65. The molecule has 2 aliphatic rings. The van der Waals surface area contributed by atoms with Crippen LogP contribution in [0.1, 0.15) is 25.3 Å². The Morgan fingerprint density at radius 1 is 1.35 bits per heavy atom. The fraction of sp³-hybridized carbons (Fsp3) is 0.625. The number of phenols is 1. The third-order valence-electron chi connectivity index (χ3n) is 4.73. The predicted octanol–water partition coefficient (Wildman–Crippen LogP) is 2.07. The van der Waals surface area contributed by atoms with Crippen molar-refractivity contribution in [2.24, 2.45) is 0 Å². The lowest BCUT2D eigenvalue weighted by molar-refractivity contribution is 0.0535. The average Bonchev–Trinajstić information content (AvgIpc) is 2.88. The number of aromatic hydroxyl groups is 1. The third-order valence-corrected chi connectivity index (χ3v) is 4.73. The van der Waals surface area contributed by atoms with Gasteiger partial charge in [-0.1, -0.05) is 6.07 Å². The minimum absolute atomic E-state index is 0.338. The molecule has 110 valence electrons. The number of benzene rings is 1. The second-order valence-corrected chi connectivity index (χ2v) is 6.06. The average molecular weight is 276 g/mol. The molecule has 20 heavy (non-hydrogen) atoms. The second kappa shape index (κ2) is 5.62. The lowest BCUT2D eigenvalue weighted by Gasteiger charge is -2.42. The van der Waals surface area contributed by atoms with Crippen molar-refractivity contribution < 1.29 is 9.84 Å². The first kappa shape index (κ1) is 13.7. The highest BCUT2D eigenvalue weighted by atomic mass is 16.5. The van der Waals surface area contributed by atoms with E-state index in [9.17, 15) is 5.11 Å². The number of hydrogen-bond acceptors (Lipinski definition) is 4. The fourth-order valence-corrected chi connectivity index (χ4v) is 3.49. The molecule has 1 aromatic carbocycles. The van der Waals surface area contributed by atoms with Crippen molar-refractivity contribution in [3.05, 3.63) is 23.8 Å². The molecule has 2 aliphatic heterocycles. The Kier molecular flexibility index (Phi) is 3.85. The maximum Gasteiger partial charge on any atom is 0.123 e. The van der Waals surface area contributed by atoms with Crippen molar-refractivity contribution in [1.82, 2.24) is 9.80 Å². The number of nitrogens with zero attached hydrogens (tertiary/aromatic N) is 2. The van der Waals surface area contributed by atoms with Gasteiger partial charge in [-0.15, -0.1) is 0 Å². The van der Waals surface area contributed by atoms with Gasteiger partial charge < -0.3 is 9.84 Å². The van der Waals surface area contributed by atoms with E-state index in [-0.39, 0.29) is 0 Å². The first-order valence-electron chi connectivity index (χ1n) is 7.51. The number of ether oxygens (including phenoxy) is 1. The molecule has 0 aliphatic carbocycles. The van der Waals surface area contributed by atoms with E-state index in [1.54, 1.807) is 13.2 Å². The van der Waals surface area contributed by atoms with Gasteiger partial charge in [-0.05, 0) is 32.4 Å². The molecule has 1 N–H and O–H groups in total. The van der Waals surface area contributed by atoms with Crippen molar-refractivity contribution in [3.8, 4) is 11.5 Å². The maximum atomic E-state index is 10.1. The summed E-state index contributed by atoms with van der Waals surface area (Å²) in [6.45, 7) is 6.64. The highest BCUT2D eigenvalue weighted by molar-refractivity contribution is 5.39. The smallest absolute Gasteiger partial charge is 0.123 e. The lowest BCUT2D eigenvalue weighted by atomic mass is 10.1. The summed E-state index contributed by atoms with van der Waals surface area (Å²) in [7, 11) is 1.62. The molecule has 0 aromatic heterocycles. The van der Waals surface area contributed by atoms with E-state index in [4.69, 9.17) is 4.74 Å². The molecular weight excluding hydrogens is 252 g/mol. The van der Waals surface area contributed by atoms with Gasteiger partial charge >= 0.3 is 0 Å². The molecule has 0 saturated carbocycles. The van der Waals surface area contributed by atoms with Crippen LogP contribution in [0, 0.1) is 0 Å². The standard InChI is InChI=1S/C16H24N2O2/c1-12-9-17-7-3-4-14(17)11-18(12)10-13-5-6-15(20-2)8-16(13)19/h5-6,8,12,14,19H,3-4,7,9-11H2,1-2H3. The minimum atomic E-state index is 0.338. The van der Waals surface area contributed by atoms with E-state index in [1.807, 2.05) is 12.1 Å². The van der Waals surface area contributed by atoms with Crippen LogP contribution in [-0.4, -0.2) is 53.7 Å². The van der Waals surface area contributed by atoms with Gasteiger partial charge in [-0.3, -0.25) is 9.80 Å². The molecule has 1 aromatic rings. The van der Waals surface area contributed by atoms with Crippen LogP contribution in [0.4, 0.5) is 0 Å². The molecule has 2 atom stereocenters. The van der Waals surface area contributed by atoms with Crippen molar-refractivity contribution in [2.75, 3.05) is 26.7 Å². The normalized spacial score (nSPS) is 27.5. The van der Waals surface area contributed by atoms with Gasteiger partial charge in [-0.2, -0.15) is 0 Å². The van der Waals surface area contributed by atoms with Gasteiger partial charge in [0.05, 0.1) is 7.11 Å². The Morgan fingerprint density at radius 3 is 2.95 bits per heavy atom. The van der Waals surface area contributed by atoms with Crippen molar-refractivity contribution in [3.63, 3.8) is 0 Å². The van der Waals surface area contributed by atoms with E-state index in [1.165, 1.54) is 19.4 Å². The molecule has 0 amide bonds. The van der Waals surface area contributed by atoms with Crippen LogP contribution < -0.4 is 4.74 Å². The van der Waals surface area contributed by atoms with E-state index < -0.39 is 0 Å². The Labute approximate surface area is 120 Å². The van der Waals surface area contributed by atoms with Crippen LogP contribution in [-0.2, 0) is 6.54 Å². The van der Waals surface area contributed by atoms with Gasteiger partial charge in [0.15, 0.2) is 0 Å². The largest absolute Gasteiger partial charge is 0.507 e. The van der Waals surface area contributed by atoms with Crippen LogP contribution in [0.15, 0.2) is 18.2 Å². The molecule has 2 heterocycles. The quantitative estimate of drug-likeness (QED) is 0.917. The molecule has 2 saturated heterocycles. The number of phenolic OH excluding ortho intramolecular Hbond substituents is 1. The highest BCUT2D eigenvalue weighted by Gasteiger charge is 2.34. The topological polar surface area (TPSA) is 35.9 Å². The summed E-state index contributed by atoms with van der Waals surface area (Å²) in [6, 6.07) is 6.86. The summed E-state index contributed by atoms with van der Waals surface area (Å²) in [4.78, 5) is 5.11. The third kappa shape index (κ3) is 2.63. The summed E-state index contributed by atoms with van der Waals surface area (Å²) in [5.41, 5.74) is 0.990. The summed E-state index contributed by atoms with van der Waals surface area (Å²) in [5.74, 6) is 1.05. The van der Waals surface area contributed by atoms with E-state index >= 15 is 0 Å². The zero-order valence-corrected chi connectivity index (χ0v) is 12.4. The maximum absolute atomic E-state index is 10.1. The van der Waals surface area contributed by atoms with Gasteiger partial charge in [0.25, 0.3) is 0 Å². The molecule has 2 fully saturated rings. The van der Waals surface area contributed by atoms with E-state index in [0.29, 0.717) is 23.6 Å². The van der Waals surface area contributed by atoms with Gasteiger partial charge in [-0.25, -0.2) is 0 Å². The zero-order valence-electron chi connectivity index (χ0n) is 12.4. The Balaban J connectivity index is 1.70. The molecule has 0 radical (unpaired) electrons. The highest BCUT2D eigenvalue weighted by Crippen LogP contribution is 2.29. The Bertz CT molecular complexity index is 478. The van der Waals surface area contributed by atoms with E-state index in [2.05, 4.69) is 16.7 Å². The monoisotopic (exact) mass is 276 g/mol. The number of fused-ring (bicyclic) bond motifs is 1. The molecule has 4 heteroatoms. The molecule has 4 nitrogen and oxygen atoms in total. The van der Waals surface area contributed by atoms with Gasteiger partial charge in [0.2, 0.25) is 0 Å². The Morgan fingerprint density at radius 2 is 2.20 bits per heavy atom. The molecule has 2 unspecified atom stereocenters. The van der Waals surface area contributed by atoms with Gasteiger partial charge in [0.1, 0.15) is 11.5 Å². The minimum Gasteiger partial charge on any atom is -0.507 e. The second-order valence-electron chi connectivity index (χ2n) is 6.06. The first-order valence-corrected chi connectivity index (χ1v) is 7.51. The Hall–Kier alpha value is -1.26. The van der Waals surface area contributed by atoms with Crippen LogP contribution in [0.2, 0.25) is 0 Å². The molecular formula is C16H24N2O2. The first-order chi connectivity index (χ1) is 9.67. The predicted molar refractivity (Wildman–Crippen MR) is 79.1 cm³/mol. The van der Waals surface area contributed by atoms with Crippen LogP contribution in [0.5, 0.6) is 11.5 Å². The fourth-order valence-electron chi connectivity index (χ4n) is 3.49.